The van der Waals surface area contributed by atoms with E-state index in [1.54, 1.807) is 32.9 Å². The van der Waals surface area contributed by atoms with Gasteiger partial charge >= 0.3 is 5.97 Å². The molecule has 0 N–H and O–H groups in total. The van der Waals surface area contributed by atoms with Crippen molar-refractivity contribution < 1.29 is 23.5 Å². The smallest absolute Gasteiger partial charge is 0.326 e. The van der Waals surface area contributed by atoms with E-state index in [2.05, 4.69) is 0 Å². The number of hydrogen-bond acceptors (Lipinski definition) is 6. The summed E-state index contributed by atoms with van der Waals surface area (Å²) >= 11 is 0.778. The molecule has 21 heavy (non-hydrogen) atoms. The highest BCUT2D eigenvalue weighted by Crippen LogP contribution is 2.32. The molecule has 0 saturated carbocycles. The van der Waals surface area contributed by atoms with E-state index < -0.39 is 17.1 Å². The summed E-state index contributed by atoms with van der Waals surface area (Å²) in [6.45, 7) is 4.80. The molecule has 112 valence electrons. The van der Waals surface area contributed by atoms with E-state index in [1.165, 1.54) is 6.08 Å². The SMILES string of the molecule is Cc1ccc(C=C2SC(=O)N(CC(=O)OC(C)C)C2=O)o1. The maximum absolute atomic E-state index is 12.1. The van der Waals surface area contributed by atoms with Crippen molar-refractivity contribution in [2.45, 2.75) is 26.9 Å². The van der Waals surface area contributed by atoms with Crippen LogP contribution < -0.4 is 0 Å². The van der Waals surface area contributed by atoms with E-state index in [9.17, 15) is 14.4 Å². The summed E-state index contributed by atoms with van der Waals surface area (Å²) in [6, 6.07) is 3.46. The Bertz CT molecular complexity index is 617. The van der Waals surface area contributed by atoms with Gasteiger partial charge in [-0.25, -0.2) is 0 Å². The van der Waals surface area contributed by atoms with Crippen molar-refractivity contribution >= 4 is 35.0 Å². The minimum absolute atomic E-state index is 0.228. The first kappa shape index (κ1) is 15.4. The van der Waals surface area contributed by atoms with Crippen LogP contribution in [0.4, 0.5) is 4.79 Å². The van der Waals surface area contributed by atoms with Gasteiger partial charge in [0.05, 0.1) is 11.0 Å². The predicted octanol–water partition coefficient (Wildman–Crippen LogP) is 2.58. The summed E-state index contributed by atoms with van der Waals surface area (Å²) in [4.78, 5) is 36.6. The Kier molecular flexibility index (Phi) is 4.52. The van der Waals surface area contributed by atoms with Gasteiger partial charge in [0, 0.05) is 6.08 Å². The number of imide groups is 1. The van der Waals surface area contributed by atoms with Gasteiger partial charge < -0.3 is 9.15 Å². The number of furan rings is 1. The number of thioether (sulfide) groups is 1. The molecular weight excluding hydrogens is 294 g/mol. The van der Waals surface area contributed by atoms with Crippen LogP contribution in [0.25, 0.3) is 6.08 Å². The fourth-order valence-electron chi connectivity index (χ4n) is 1.73. The summed E-state index contributed by atoms with van der Waals surface area (Å²) in [6.07, 6.45) is 1.20. The fourth-order valence-corrected chi connectivity index (χ4v) is 2.54. The van der Waals surface area contributed by atoms with E-state index >= 15 is 0 Å². The molecule has 0 aromatic carbocycles. The van der Waals surface area contributed by atoms with E-state index in [0.717, 1.165) is 16.7 Å². The Morgan fingerprint density at radius 3 is 2.71 bits per heavy atom. The Hall–Kier alpha value is -2.02. The number of hydrogen-bond donors (Lipinski definition) is 0. The lowest BCUT2D eigenvalue weighted by Gasteiger charge is -2.13. The predicted molar refractivity (Wildman–Crippen MR) is 77.4 cm³/mol. The number of carbonyl (C=O) groups is 3. The van der Waals surface area contributed by atoms with Gasteiger partial charge in [-0.15, -0.1) is 0 Å². The second kappa shape index (κ2) is 6.17. The number of rotatable bonds is 4. The van der Waals surface area contributed by atoms with Crippen molar-refractivity contribution in [3.8, 4) is 0 Å². The molecule has 1 fully saturated rings. The van der Waals surface area contributed by atoms with Crippen LogP contribution in [0, 0.1) is 6.92 Å². The van der Waals surface area contributed by atoms with Crippen LogP contribution >= 0.6 is 11.8 Å². The van der Waals surface area contributed by atoms with Crippen LogP contribution in [0.5, 0.6) is 0 Å². The van der Waals surface area contributed by atoms with Gasteiger partial charge in [-0.05, 0) is 44.7 Å². The molecule has 7 heteroatoms. The van der Waals surface area contributed by atoms with Crippen molar-refractivity contribution in [1.29, 1.82) is 0 Å². The molecule has 0 spiro atoms. The van der Waals surface area contributed by atoms with E-state index in [1.807, 2.05) is 0 Å². The highest BCUT2D eigenvalue weighted by molar-refractivity contribution is 8.18. The van der Waals surface area contributed by atoms with E-state index in [4.69, 9.17) is 9.15 Å². The van der Waals surface area contributed by atoms with Crippen molar-refractivity contribution in [3.05, 3.63) is 28.6 Å². The minimum Gasteiger partial charge on any atom is -0.462 e. The normalized spacial score (nSPS) is 17.1. The molecule has 0 radical (unpaired) electrons. The third kappa shape index (κ3) is 3.75. The van der Waals surface area contributed by atoms with Gasteiger partial charge in [0.25, 0.3) is 11.1 Å². The van der Waals surface area contributed by atoms with Crippen molar-refractivity contribution in [2.24, 2.45) is 0 Å². The average Bonchev–Trinajstić information content (AvgIpc) is 2.88. The average molecular weight is 309 g/mol. The summed E-state index contributed by atoms with van der Waals surface area (Å²) < 4.78 is 10.3. The third-order valence-corrected chi connectivity index (χ3v) is 3.47. The first-order valence-electron chi connectivity index (χ1n) is 6.38. The number of ether oxygens (including phenoxy) is 1. The molecule has 2 heterocycles. The monoisotopic (exact) mass is 309 g/mol. The fraction of sp³-hybridized carbons (Fsp3) is 0.357. The molecule has 1 aromatic heterocycles. The number of aryl methyl sites for hydroxylation is 1. The zero-order chi connectivity index (χ0) is 15.6. The largest absolute Gasteiger partial charge is 0.462 e. The maximum Gasteiger partial charge on any atom is 0.326 e. The van der Waals surface area contributed by atoms with Crippen LogP contribution in [0.3, 0.4) is 0 Å². The second-order valence-electron chi connectivity index (χ2n) is 4.75. The highest BCUT2D eigenvalue weighted by Gasteiger charge is 2.37. The van der Waals surface area contributed by atoms with Gasteiger partial charge in [0.15, 0.2) is 0 Å². The molecule has 1 saturated heterocycles. The molecule has 1 aliphatic rings. The summed E-state index contributed by atoms with van der Waals surface area (Å²) in [7, 11) is 0. The summed E-state index contributed by atoms with van der Waals surface area (Å²) in [5, 5.41) is -0.491. The Morgan fingerprint density at radius 1 is 1.43 bits per heavy atom. The summed E-state index contributed by atoms with van der Waals surface area (Å²) in [5.74, 6) is 0.0749. The van der Waals surface area contributed by atoms with E-state index in [0.29, 0.717) is 11.5 Å². The molecule has 2 rings (SSSR count). The van der Waals surface area contributed by atoms with Gasteiger partial charge in [-0.3, -0.25) is 19.3 Å². The Morgan fingerprint density at radius 2 is 2.14 bits per heavy atom. The first-order chi connectivity index (χ1) is 9.86. The number of nitrogens with zero attached hydrogens (tertiary/aromatic N) is 1. The summed E-state index contributed by atoms with van der Waals surface area (Å²) in [5.41, 5.74) is 0. The number of esters is 1. The van der Waals surface area contributed by atoms with Crippen molar-refractivity contribution in [3.63, 3.8) is 0 Å². The molecule has 2 amide bonds. The maximum atomic E-state index is 12.1. The Balaban J connectivity index is 2.09. The van der Waals surface area contributed by atoms with Crippen LogP contribution in [0.2, 0.25) is 0 Å². The molecule has 1 aliphatic heterocycles. The molecule has 1 aromatic rings. The molecule has 0 aliphatic carbocycles. The van der Waals surface area contributed by atoms with Gasteiger partial charge in [0.2, 0.25) is 0 Å². The van der Waals surface area contributed by atoms with Gasteiger partial charge in [0.1, 0.15) is 18.1 Å². The van der Waals surface area contributed by atoms with Crippen LogP contribution in [0.15, 0.2) is 21.5 Å². The minimum atomic E-state index is -0.609. The van der Waals surface area contributed by atoms with Crippen LogP contribution in [-0.2, 0) is 14.3 Å². The van der Waals surface area contributed by atoms with Crippen LogP contribution in [0.1, 0.15) is 25.4 Å². The lowest BCUT2D eigenvalue weighted by Crippen LogP contribution is -2.35. The van der Waals surface area contributed by atoms with Crippen LogP contribution in [-0.4, -0.2) is 34.7 Å². The molecule has 0 bridgehead atoms. The third-order valence-electron chi connectivity index (χ3n) is 2.56. The molecule has 6 nitrogen and oxygen atoms in total. The Labute approximate surface area is 126 Å². The van der Waals surface area contributed by atoms with Gasteiger partial charge in [-0.1, -0.05) is 0 Å². The van der Waals surface area contributed by atoms with Crippen molar-refractivity contribution in [1.82, 2.24) is 4.90 Å². The van der Waals surface area contributed by atoms with Gasteiger partial charge in [-0.2, -0.15) is 0 Å². The molecule has 0 atom stereocenters. The van der Waals surface area contributed by atoms with Crippen molar-refractivity contribution in [2.75, 3.05) is 6.54 Å². The highest BCUT2D eigenvalue weighted by atomic mass is 32.2. The van der Waals surface area contributed by atoms with E-state index in [-0.39, 0.29) is 17.6 Å². The molecular formula is C14H15NO5S. The zero-order valence-corrected chi connectivity index (χ0v) is 12.7. The number of carbonyl (C=O) groups excluding carboxylic acids is 3. The lowest BCUT2D eigenvalue weighted by atomic mass is 10.3. The lowest BCUT2D eigenvalue weighted by molar-refractivity contribution is -0.149. The topological polar surface area (TPSA) is 76.8 Å². The number of amides is 2. The standard InChI is InChI=1S/C14H15NO5S/c1-8(2)19-12(16)7-15-13(17)11(21-14(15)18)6-10-5-4-9(3)20-10/h4-6,8H,7H2,1-3H3. The zero-order valence-electron chi connectivity index (χ0n) is 11.9. The first-order valence-corrected chi connectivity index (χ1v) is 7.19. The molecule has 0 unspecified atom stereocenters. The second-order valence-corrected chi connectivity index (χ2v) is 5.75. The quantitative estimate of drug-likeness (QED) is 0.628.